The number of hydrogen-bond donors (Lipinski definition) is 2. The molecule has 0 fully saturated rings. The summed E-state index contributed by atoms with van der Waals surface area (Å²) in [7, 11) is 1.61. The summed E-state index contributed by atoms with van der Waals surface area (Å²) in [5.41, 5.74) is 4.76. The van der Waals surface area contributed by atoms with Crippen molar-refractivity contribution in [3.05, 3.63) is 58.6 Å². The SMILES string of the molecule is CCOc1ccc(C(NN)c2ccc(Cl)cc2OC)cc1. The molecule has 3 N–H and O–H groups in total. The van der Waals surface area contributed by atoms with Crippen LogP contribution in [0.2, 0.25) is 5.02 Å². The smallest absolute Gasteiger partial charge is 0.125 e. The second kappa shape index (κ2) is 7.31. The van der Waals surface area contributed by atoms with Crippen molar-refractivity contribution in [1.29, 1.82) is 0 Å². The van der Waals surface area contributed by atoms with Gasteiger partial charge in [0.25, 0.3) is 0 Å². The van der Waals surface area contributed by atoms with Crippen molar-refractivity contribution in [2.75, 3.05) is 13.7 Å². The fraction of sp³-hybridized carbons (Fsp3) is 0.250. The largest absolute Gasteiger partial charge is 0.496 e. The van der Waals surface area contributed by atoms with Gasteiger partial charge < -0.3 is 9.47 Å². The lowest BCUT2D eigenvalue weighted by Gasteiger charge is -2.20. The lowest BCUT2D eigenvalue weighted by Crippen LogP contribution is -2.29. The van der Waals surface area contributed by atoms with Crippen LogP contribution in [0.15, 0.2) is 42.5 Å². The van der Waals surface area contributed by atoms with E-state index in [2.05, 4.69) is 5.43 Å². The topological polar surface area (TPSA) is 56.5 Å². The predicted molar refractivity (Wildman–Crippen MR) is 84.8 cm³/mol. The Balaban J connectivity index is 2.35. The monoisotopic (exact) mass is 306 g/mol. The number of rotatable bonds is 6. The summed E-state index contributed by atoms with van der Waals surface area (Å²) in [5.74, 6) is 7.25. The minimum absolute atomic E-state index is 0.187. The average molecular weight is 307 g/mol. The van der Waals surface area contributed by atoms with E-state index in [4.69, 9.17) is 26.9 Å². The van der Waals surface area contributed by atoms with E-state index in [-0.39, 0.29) is 6.04 Å². The number of nitrogens with two attached hydrogens (primary N) is 1. The average Bonchev–Trinajstić information content (AvgIpc) is 2.51. The molecule has 0 aliphatic rings. The molecule has 0 aliphatic heterocycles. The minimum Gasteiger partial charge on any atom is -0.496 e. The first-order valence-corrected chi connectivity index (χ1v) is 7.09. The van der Waals surface area contributed by atoms with Gasteiger partial charge in [-0.15, -0.1) is 0 Å². The van der Waals surface area contributed by atoms with E-state index in [0.29, 0.717) is 17.4 Å². The molecule has 0 aliphatic carbocycles. The van der Waals surface area contributed by atoms with Crippen molar-refractivity contribution in [2.45, 2.75) is 13.0 Å². The highest BCUT2D eigenvalue weighted by molar-refractivity contribution is 6.30. The Kier molecular flexibility index (Phi) is 5.44. The van der Waals surface area contributed by atoms with Gasteiger partial charge in [0.1, 0.15) is 11.5 Å². The number of ether oxygens (including phenoxy) is 2. The summed E-state index contributed by atoms with van der Waals surface area (Å²) in [6.45, 7) is 2.60. The highest BCUT2D eigenvalue weighted by atomic mass is 35.5. The minimum atomic E-state index is -0.187. The van der Waals surface area contributed by atoms with Crippen molar-refractivity contribution in [3.8, 4) is 11.5 Å². The van der Waals surface area contributed by atoms with Gasteiger partial charge in [0, 0.05) is 10.6 Å². The van der Waals surface area contributed by atoms with Crippen LogP contribution in [0.5, 0.6) is 11.5 Å². The maximum absolute atomic E-state index is 6.00. The second-order valence-corrected chi connectivity index (χ2v) is 4.92. The Morgan fingerprint density at radius 1 is 1.19 bits per heavy atom. The molecule has 2 aromatic carbocycles. The van der Waals surface area contributed by atoms with E-state index < -0.39 is 0 Å². The molecule has 0 radical (unpaired) electrons. The van der Waals surface area contributed by atoms with Gasteiger partial charge in [-0.2, -0.15) is 0 Å². The Hall–Kier alpha value is -1.75. The highest BCUT2D eigenvalue weighted by Gasteiger charge is 2.17. The lowest BCUT2D eigenvalue weighted by atomic mass is 9.98. The van der Waals surface area contributed by atoms with Gasteiger partial charge in [0.05, 0.1) is 19.8 Å². The molecular formula is C16H19ClN2O2. The quantitative estimate of drug-likeness (QED) is 0.635. The molecule has 0 saturated carbocycles. The molecule has 1 atom stereocenters. The summed E-state index contributed by atoms with van der Waals surface area (Å²) in [6.07, 6.45) is 0. The number of hydrazine groups is 1. The number of nitrogens with one attached hydrogen (secondary N) is 1. The zero-order valence-corrected chi connectivity index (χ0v) is 12.9. The van der Waals surface area contributed by atoms with Gasteiger partial charge in [-0.05, 0) is 36.8 Å². The molecule has 2 rings (SSSR count). The van der Waals surface area contributed by atoms with Crippen LogP contribution in [-0.4, -0.2) is 13.7 Å². The second-order valence-electron chi connectivity index (χ2n) is 4.49. The number of benzene rings is 2. The molecule has 1 unspecified atom stereocenters. The maximum atomic E-state index is 6.00. The molecule has 0 aromatic heterocycles. The Morgan fingerprint density at radius 2 is 1.90 bits per heavy atom. The van der Waals surface area contributed by atoms with E-state index in [0.717, 1.165) is 16.9 Å². The highest BCUT2D eigenvalue weighted by Crippen LogP contribution is 2.32. The molecule has 0 saturated heterocycles. The normalized spacial score (nSPS) is 12.0. The summed E-state index contributed by atoms with van der Waals surface area (Å²) in [4.78, 5) is 0. The van der Waals surface area contributed by atoms with Gasteiger partial charge in [0.15, 0.2) is 0 Å². The lowest BCUT2D eigenvalue weighted by molar-refractivity contribution is 0.340. The third-order valence-corrected chi connectivity index (χ3v) is 3.43. The van der Waals surface area contributed by atoms with Crippen molar-refractivity contribution in [3.63, 3.8) is 0 Å². The molecule has 4 nitrogen and oxygen atoms in total. The summed E-state index contributed by atoms with van der Waals surface area (Å²) < 4.78 is 10.8. The van der Waals surface area contributed by atoms with Crippen molar-refractivity contribution in [2.24, 2.45) is 5.84 Å². The Morgan fingerprint density at radius 3 is 2.48 bits per heavy atom. The van der Waals surface area contributed by atoms with Crippen LogP contribution in [0.3, 0.4) is 0 Å². The van der Waals surface area contributed by atoms with Crippen LogP contribution in [0, 0.1) is 0 Å². The summed E-state index contributed by atoms with van der Waals surface area (Å²) in [5, 5.41) is 0.623. The third-order valence-electron chi connectivity index (χ3n) is 3.20. The van der Waals surface area contributed by atoms with Gasteiger partial charge in [0.2, 0.25) is 0 Å². The van der Waals surface area contributed by atoms with E-state index in [1.165, 1.54) is 0 Å². The van der Waals surface area contributed by atoms with Crippen LogP contribution in [0.25, 0.3) is 0 Å². The number of methoxy groups -OCH3 is 1. The fourth-order valence-corrected chi connectivity index (χ4v) is 2.37. The first kappa shape index (κ1) is 15.6. The van der Waals surface area contributed by atoms with Crippen LogP contribution in [0.4, 0.5) is 0 Å². The van der Waals surface area contributed by atoms with Gasteiger partial charge in [-0.3, -0.25) is 5.84 Å². The summed E-state index contributed by atoms with van der Waals surface area (Å²) in [6, 6.07) is 13.1. The molecule has 0 amide bonds. The number of halogens is 1. The van der Waals surface area contributed by atoms with Gasteiger partial charge in [-0.25, -0.2) is 5.43 Å². The first-order valence-electron chi connectivity index (χ1n) is 6.72. The van der Waals surface area contributed by atoms with Crippen molar-refractivity contribution >= 4 is 11.6 Å². The number of hydrogen-bond acceptors (Lipinski definition) is 4. The summed E-state index contributed by atoms with van der Waals surface area (Å²) >= 11 is 6.00. The van der Waals surface area contributed by atoms with Crippen molar-refractivity contribution < 1.29 is 9.47 Å². The molecule has 0 heterocycles. The van der Waals surface area contributed by atoms with E-state index >= 15 is 0 Å². The molecule has 2 aromatic rings. The predicted octanol–water partition coefficient (Wildman–Crippen LogP) is 3.30. The van der Waals surface area contributed by atoms with Crippen LogP contribution in [-0.2, 0) is 0 Å². The fourth-order valence-electron chi connectivity index (χ4n) is 2.21. The first-order chi connectivity index (χ1) is 10.2. The zero-order chi connectivity index (χ0) is 15.2. The standard InChI is InChI=1S/C16H19ClN2O2/c1-3-21-13-7-4-11(5-8-13)16(19-18)14-9-6-12(17)10-15(14)20-2/h4-10,16,19H,3,18H2,1-2H3. The molecule has 5 heteroatoms. The third kappa shape index (κ3) is 3.67. The van der Waals surface area contributed by atoms with E-state index in [9.17, 15) is 0 Å². The Labute approximate surface area is 129 Å². The van der Waals surface area contributed by atoms with Gasteiger partial charge in [-0.1, -0.05) is 29.8 Å². The van der Waals surface area contributed by atoms with Crippen LogP contribution < -0.4 is 20.7 Å². The zero-order valence-electron chi connectivity index (χ0n) is 12.1. The van der Waals surface area contributed by atoms with Gasteiger partial charge >= 0.3 is 0 Å². The molecular weight excluding hydrogens is 288 g/mol. The molecule has 0 bridgehead atoms. The van der Waals surface area contributed by atoms with Crippen LogP contribution >= 0.6 is 11.6 Å². The maximum Gasteiger partial charge on any atom is 0.125 e. The van der Waals surface area contributed by atoms with Crippen LogP contribution in [0.1, 0.15) is 24.1 Å². The molecule has 21 heavy (non-hydrogen) atoms. The van der Waals surface area contributed by atoms with Crippen molar-refractivity contribution in [1.82, 2.24) is 5.43 Å². The van der Waals surface area contributed by atoms with E-state index in [1.54, 1.807) is 13.2 Å². The molecule has 112 valence electrons. The molecule has 0 spiro atoms. The Bertz CT molecular complexity index is 587. The van der Waals surface area contributed by atoms with E-state index in [1.807, 2.05) is 43.3 Å².